The number of likely N-dealkylation sites (N-methyl/N-ethyl adjacent to an activating group) is 1. The summed E-state index contributed by atoms with van der Waals surface area (Å²) < 4.78 is 5.85. The fraction of sp³-hybridized carbons (Fsp3) is 0.625. The highest BCUT2D eigenvalue weighted by atomic mass is 16.5. The molecule has 1 saturated heterocycles. The van der Waals surface area contributed by atoms with Crippen LogP contribution in [0.2, 0.25) is 0 Å². The summed E-state index contributed by atoms with van der Waals surface area (Å²) in [6, 6.07) is 7.16. The lowest BCUT2D eigenvalue weighted by Gasteiger charge is -2.39. The van der Waals surface area contributed by atoms with Gasteiger partial charge in [-0.15, -0.1) is 0 Å². The molecule has 0 saturated carbocycles. The number of hydrogen-bond donors (Lipinski definition) is 1. The number of anilines is 1. The van der Waals surface area contributed by atoms with Crippen molar-refractivity contribution in [3.8, 4) is 0 Å². The van der Waals surface area contributed by atoms with E-state index in [1.165, 1.54) is 29.7 Å². The molecule has 2 aliphatic heterocycles. The lowest BCUT2D eigenvalue weighted by molar-refractivity contribution is -0.0576. The summed E-state index contributed by atoms with van der Waals surface area (Å²) in [6.07, 6.45) is 2.52. The van der Waals surface area contributed by atoms with E-state index < -0.39 is 0 Å². The number of aryl methyl sites for hydroxylation is 1. The van der Waals surface area contributed by atoms with Crippen LogP contribution in [0.5, 0.6) is 0 Å². The van der Waals surface area contributed by atoms with Crippen molar-refractivity contribution in [2.75, 3.05) is 45.2 Å². The number of morpholine rings is 1. The van der Waals surface area contributed by atoms with E-state index in [1.807, 2.05) is 0 Å². The standard InChI is InChI=1S/C16H25N3O/c1-18-7-3-4-12-10-13(5-6-14(12)18)16-15(11-17)20-9-8-19(16)2/h5-6,10,15-16H,3-4,7-9,11,17H2,1-2H3. The molecule has 3 rings (SSSR count). The molecule has 1 aromatic carbocycles. The number of ether oxygens (including phenoxy) is 1. The predicted octanol–water partition coefficient (Wildman–Crippen LogP) is 1.40. The summed E-state index contributed by atoms with van der Waals surface area (Å²) >= 11 is 0. The molecule has 110 valence electrons. The fourth-order valence-corrected chi connectivity index (χ4v) is 3.52. The van der Waals surface area contributed by atoms with Crippen LogP contribution in [-0.2, 0) is 11.2 Å². The molecular weight excluding hydrogens is 250 g/mol. The summed E-state index contributed by atoms with van der Waals surface area (Å²) in [4.78, 5) is 4.72. The number of nitrogens with zero attached hydrogens (tertiary/aromatic N) is 2. The van der Waals surface area contributed by atoms with E-state index in [9.17, 15) is 0 Å². The Morgan fingerprint density at radius 3 is 2.95 bits per heavy atom. The van der Waals surface area contributed by atoms with Crippen molar-refractivity contribution in [1.29, 1.82) is 0 Å². The first kappa shape index (κ1) is 13.9. The van der Waals surface area contributed by atoms with Crippen LogP contribution >= 0.6 is 0 Å². The Bertz CT molecular complexity index is 477. The van der Waals surface area contributed by atoms with Gasteiger partial charge in [0.25, 0.3) is 0 Å². The molecule has 2 heterocycles. The fourth-order valence-electron chi connectivity index (χ4n) is 3.52. The molecule has 0 radical (unpaired) electrons. The van der Waals surface area contributed by atoms with Crippen molar-refractivity contribution in [1.82, 2.24) is 4.90 Å². The van der Waals surface area contributed by atoms with Gasteiger partial charge in [-0.25, -0.2) is 0 Å². The minimum Gasteiger partial charge on any atom is -0.374 e. The van der Waals surface area contributed by atoms with Crippen molar-refractivity contribution in [2.45, 2.75) is 25.0 Å². The van der Waals surface area contributed by atoms with E-state index in [0.717, 1.165) is 19.7 Å². The zero-order chi connectivity index (χ0) is 14.1. The molecule has 4 nitrogen and oxygen atoms in total. The van der Waals surface area contributed by atoms with Gasteiger partial charge in [-0.2, -0.15) is 0 Å². The second kappa shape index (κ2) is 5.72. The van der Waals surface area contributed by atoms with Gasteiger partial charge in [0.1, 0.15) is 0 Å². The zero-order valence-corrected chi connectivity index (χ0v) is 12.5. The first-order valence-electron chi connectivity index (χ1n) is 7.56. The van der Waals surface area contributed by atoms with Crippen LogP contribution in [-0.4, -0.2) is 51.3 Å². The SMILES string of the molecule is CN1CCCc2cc(C3C(CN)OCCN3C)ccc21. The van der Waals surface area contributed by atoms with Gasteiger partial charge in [0, 0.05) is 32.4 Å². The molecule has 4 heteroatoms. The van der Waals surface area contributed by atoms with Gasteiger partial charge in [0.05, 0.1) is 18.8 Å². The van der Waals surface area contributed by atoms with Crippen molar-refractivity contribution >= 4 is 5.69 Å². The van der Waals surface area contributed by atoms with E-state index >= 15 is 0 Å². The summed E-state index contributed by atoms with van der Waals surface area (Å²) in [7, 11) is 4.34. The molecular formula is C16H25N3O. The highest BCUT2D eigenvalue weighted by molar-refractivity contribution is 5.56. The molecule has 0 bridgehead atoms. The summed E-state index contributed by atoms with van der Waals surface area (Å²) in [5.41, 5.74) is 10.1. The summed E-state index contributed by atoms with van der Waals surface area (Å²) in [6.45, 7) is 3.48. The second-order valence-electron chi connectivity index (χ2n) is 5.98. The van der Waals surface area contributed by atoms with Gasteiger partial charge in [0.15, 0.2) is 0 Å². The maximum Gasteiger partial charge on any atom is 0.0894 e. The normalized spacial score (nSPS) is 27.4. The molecule has 0 aliphatic carbocycles. The maximum atomic E-state index is 5.89. The molecule has 2 unspecified atom stereocenters. The summed E-state index contributed by atoms with van der Waals surface area (Å²) in [5.74, 6) is 0. The molecule has 20 heavy (non-hydrogen) atoms. The van der Waals surface area contributed by atoms with Crippen molar-refractivity contribution < 1.29 is 4.74 Å². The third-order valence-electron chi connectivity index (χ3n) is 4.63. The van der Waals surface area contributed by atoms with Crippen LogP contribution in [0, 0.1) is 0 Å². The molecule has 1 aromatic rings. The Hall–Kier alpha value is -1.10. The van der Waals surface area contributed by atoms with Crippen LogP contribution in [0.1, 0.15) is 23.6 Å². The highest BCUT2D eigenvalue weighted by Crippen LogP contribution is 2.33. The molecule has 0 spiro atoms. The Morgan fingerprint density at radius 2 is 2.15 bits per heavy atom. The first-order valence-corrected chi connectivity index (χ1v) is 7.56. The van der Waals surface area contributed by atoms with Crippen LogP contribution < -0.4 is 10.6 Å². The molecule has 1 fully saturated rings. The highest BCUT2D eigenvalue weighted by Gasteiger charge is 2.31. The number of hydrogen-bond acceptors (Lipinski definition) is 4. The number of fused-ring (bicyclic) bond motifs is 1. The second-order valence-corrected chi connectivity index (χ2v) is 5.98. The van der Waals surface area contributed by atoms with E-state index in [2.05, 4.69) is 42.1 Å². The largest absolute Gasteiger partial charge is 0.374 e. The lowest BCUT2D eigenvalue weighted by Crippen LogP contribution is -2.46. The van der Waals surface area contributed by atoms with Crippen LogP contribution in [0.15, 0.2) is 18.2 Å². The van der Waals surface area contributed by atoms with Gasteiger partial charge in [-0.3, -0.25) is 4.90 Å². The van der Waals surface area contributed by atoms with Gasteiger partial charge < -0.3 is 15.4 Å². The first-order chi connectivity index (χ1) is 9.70. The van der Waals surface area contributed by atoms with E-state index in [1.54, 1.807) is 0 Å². The van der Waals surface area contributed by atoms with Gasteiger partial charge in [-0.1, -0.05) is 12.1 Å². The topological polar surface area (TPSA) is 41.7 Å². The van der Waals surface area contributed by atoms with Crippen molar-refractivity contribution in [3.05, 3.63) is 29.3 Å². The monoisotopic (exact) mass is 275 g/mol. The lowest BCUT2D eigenvalue weighted by atomic mass is 9.93. The average molecular weight is 275 g/mol. The molecule has 0 amide bonds. The Morgan fingerprint density at radius 1 is 1.30 bits per heavy atom. The third-order valence-corrected chi connectivity index (χ3v) is 4.63. The zero-order valence-electron chi connectivity index (χ0n) is 12.5. The Kier molecular flexibility index (Phi) is 3.96. The quantitative estimate of drug-likeness (QED) is 0.886. The molecule has 2 aliphatic rings. The Balaban J connectivity index is 1.92. The minimum absolute atomic E-state index is 0.105. The van der Waals surface area contributed by atoms with E-state index in [0.29, 0.717) is 6.54 Å². The Labute approximate surface area is 121 Å². The average Bonchev–Trinajstić information content (AvgIpc) is 2.47. The maximum absolute atomic E-state index is 5.89. The number of rotatable bonds is 2. The predicted molar refractivity (Wildman–Crippen MR) is 82.2 cm³/mol. The van der Waals surface area contributed by atoms with Crippen LogP contribution in [0.25, 0.3) is 0 Å². The van der Waals surface area contributed by atoms with Gasteiger partial charge in [-0.05, 0) is 37.1 Å². The number of benzene rings is 1. The van der Waals surface area contributed by atoms with Gasteiger partial charge in [0.2, 0.25) is 0 Å². The smallest absolute Gasteiger partial charge is 0.0894 e. The number of nitrogens with two attached hydrogens (primary N) is 1. The summed E-state index contributed by atoms with van der Waals surface area (Å²) in [5, 5.41) is 0. The van der Waals surface area contributed by atoms with Gasteiger partial charge >= 0.3 is 0 Å². The third kappa shape index (κ3) is 2.43. The minimum atomic E-state index is 0.105. The van der Waals surface area contributed by atoms with Crippen molar-refractivity contribution in [2.24, 2.45) is 5.73 Å². The van der Waals surface area contributed by atoms with E-state index in [4.69, 9.17) is 10.5 Å². The molecule has 2 atom stereocenters. The molecule has 2 N–H and O–H groups in total. The molecule has 0 aromatic heterocycles. The van der Waals surface area contributed by atoms with Crippen LogP contribution in [0.3, 0.4) is 0 Å². The van der Waals surface area contributed by atoms with E-state index in [-0.39, 0.29) is 12.1 Å². The van der Waals surface area contributed by atoms with Crippen LogP contribution in [0.4, 0.5) is 5.69 Å². The van der Waals surface area contributed by atoms with Crippen molar-refractivity contribution in [3.63, 3.8) is 0 Å².